The Kier molecular flexibility index (Phi) is 5.32. The van der Waals surface area contributed by atoms with Crippen LogP contribution in [-0.4, -0.2) is 23.1 Å². The zero-order chi connectivity index (χ0) is 22.7. The highest BCUT2D eigenvalue weighted by Gasteiger charge is 2.63. The van der Waals surface area contributed by atoms with Crippen molar-refractivity contribution in [1.29, 1.82) is 0 Å². The van der Waals surface area contributed by atoms with Crippen LogP contribution in [0.1, 0.15) is 43.7 Å². The number of benzene rings is 2. The highest BCUT2D eigenvalue weighted by Crippen LogP contribution is 2.66. The van der Waals surface area contributed by atoms with E-state index in [1.54, 1.807) is 0 Å². The van der Waals surface area contributed by atoms with Crippen molar-refractivity contribution < 1.29 is 13.3 Å². The van der Waals surface area contributed by atoms with Crippen LogP contribution in [0.5, 0.6) is 0 Å². The van der Waals surface area contributed by atoms with Gasteiger partial charge in [0.05, 0.1) is 15.8 Å². The lowest BCUT2D eigenvalue weighted by atomic mass is 9.49. The van der Waals surface area contributed by atoms with Gasteiger partial charge < -0.3 is 0 Å². The molecule has 4 aliphatic carbocycles. The maximum absolute atomic E-state index is 13.5. The molecule has 1 N–H and O–H groups in total. The lowest BCUT2D eigenvalue weighted by molar-refractivity contribution is -0.387. The Hall–Kier alpha value is -1.67. The molecule has 0 radical (unpaired) electrons. The molecule has 0 unspecified atom stereocenters. The molecule has 2 aromatic rings. The fraction of sp³-hybridized carbons (Fsp3) is 0.478. The molecule has 170 valence electrons. The van der Waals surface area contributed by atoms with Gasteiger partial charge in [0.1, 0.15) is 0 Å². The summed E-state index contributed by atoms with van der Waals surface area (Å²) in [4.78, 5) is 9.55. The third-order valence-corrected chi connectivity index (χ3v) is 9.88. The lowest BCUT2D eigenvalue weighted by Crippen LogP contribution is -2.62. The van der Waals surface area contributed by atoms with Crippen LogP contribution in [0.3, 0.4) is 0 Å². The maximum atomic E-state index is 13.5. The minimum atomic E-state index is -4.19. The Morgan fingerprint density at radius 2 is 1.72 bits per heavy atom. The minimum Gasteiger partial charge on any atom is -0.258 e. The van der Waals surface area contributed by atoms with Crippen molar-refractivity contribution in [3.05, 3.63) is 70.3 Å². The van der Waals surface area contributed by atoms with Crippen LogP contribution in [0.25, 0.3) is 0 Å². The molecule has 4 bridgehead atoms. The molecule has 4 aliphatic rings. The number of nitro groups is 1. The Balaban J connectivity index is 1.58. The van der Waals surface area contributed by atoms with E-state index >= 15 is 0 Å². The highest BCUT2D eigenvalue weighted by molar-refractivity contribution is 7.89. The first kappa shape index (κ1) is 22.1. The van der Waals surface area contributed by atoms with Gasteiger partial charge in [-0.2, -0.15) is 0 Å². The van der Waals surface area contributed by atoms with Gasteiger partial charge in [0, 0.05) is 16.9 Å². The summed E-state index contributed by atoms with van der Waals surface area (Å²) in [6.45, 7) is 0. The summed E-state index contributed by atoms with van der Waals surface area (Å²) in [7, 11) is -4.19. The minimum absolute atomic E-state index is 0.160. The van der Waals surface area contributed by atoms with E-state index in [-0.39, 0.29) is 21.6 Å². The van der Waals surface area contributed by atoms with Crippen LogP contribution in [0, 0.1) is 27.9 Å². The second-order valence-corrected chi connectivity index (χ2v) is 12.8. The number of hydrogen-bond acceptors (Lipinski definition) is 4. The summed E-state index contributed by atoms with van der Waals surface area (Å²) in [5.41, 5.74) is 0.355. The molecule has 9 heteroatoms. The number of halogens is 2. The summed E-state index contributed by atoms with van der Waals surface area (Å²) in [6, 6.07) is 14.2. The molecule has 6 nitrogen and oxygen atoms in total. The molecule has 0 saturated heterocycles. The predicted molar refractivity (Wildman–Crippen MR) is 123 cm³/mol. The third kappa shape index (κ3) is 3.73. The second kappa shape index (κ2) is 7.69. The molecule has 0 aliphatic heterocycles. The average molecular weight is 495 g/mol. The molecule has 32 heavy (non-hydrogen) atoms. The average Bonchev–Trinajstić information content (AvgIpc) is 2.71. The predicted octanol–water partition coefficient (Wildman–Crippen LogP) is 5.41. The Morgan fingerprint density at radius 1 is 1.03 bits per heavy atom. The van der Waals surface area contributed by atoms with Gasteiger partial charge in [-0.3, -0.25) is 10.1 Å². The van der Waals surface area contributed by atoms with Crippen LogP contribution in [0.2, 0.25) is 0 Å². The quantitative estimate of drug-likeness (QED) is 0.330. The van der Waals surface area contributed by atoms with E-state index in [1.165, 1.54) is 24.3 Å². The molecule has 0 aromatic heterocycles. The smallest absolute Gasteiger partial charge is 0.258 e. The maximum Gasteiger partial charge on any atom is 0.289 e. The van der Waals surface area contributed by atoms with Gasteiger partial charge in [-0.05, 0) is 55.6 Å². The number of para-hydroxylation sites is 1. The number of sulfonamides is 1. The van der Waals surface area contributed by atoms with Crippen molar-refractivity contribution in [3.8, 4) is 0 Å². The van der Waals surface area contributed by atoms with Crippen LogP contribution in [0.4, 0.5) is 5.69 Å². The monoisotopic (exact) mass is 494 g/mol. The zero-order valence-corrected chi connectivity index (χ0v) is 19.6. The Morgan fingerprint density at radius 3 is 2.38 bits per heavy atom. The van der Waals surface area contributed by atoms with Crippen molar-refractivity contribution in [2.75, 3.05) is 0 Å². The molecule has 6 atom stereocenters. The Bertz CT molecular complexity index is 1160. The fourth-order valence-corrected chi connectivity index (χ4v) is 9.56. The van der Waals surface area contributed by atoms with Crippen LogP contribution >= 0.6 is 23.2 Å². The van der Waals surface area contributed by atoms with Gasteiger partial charge in [-0.1, -0.05) is 42.5 Å². The van der Waals surface area contributed by atoms with Crippen molar-refractivity contribution in [3.63, 3.8) is 0 Å². The van der Waals surface area contributed by atoms with E-state index in [2.05, 4.69) is 4.72 Å². The summed E-state index contributed by atoms with van der Waals surface area (Å²) < 4.78 is 29.7. The van der Waals surface area contributed by atoms with Crippen LogP contribution in [0.15, 0.2) is 59.5 Å². The van der Waals surface area contributed by atoms with Crippen molar-refractivity contribution in [2.24, 2.45) is 17.8 Å². The normalized spacial score (nSPS) is 34.4. The fourth-order valence-electron chi connectivity index (χ4n) is 6.64. The van der Waals surface area contributed by atoms with E-state index in [0.29, 0.717) is 12.3 Å². The van der Waals surface area contributed by atoms with Crippen molar-refractivity contribution >= 4 is 38.9 Å². The van der Waals surface area contributed by atoms with Gasteiger partial charge >= 0.3 is 0 Å². The van der Waals surface area contributed by atoms with Crippen molar-refractivity contribution in [1.82, 2.24) is 4.72 Å². The van der Waals surface area contributed by atoms with Crippen LogP contribution < -0.4 is 4.72 Å². The molecule has 0 heterocycles. The number of nitrogens with zero attached hydrogens (tertiary/aromatic N) is 1. The highest BCUT2D eigenvalue weighted by atomic mass is 35.5. The second-order valence-electron chi connectivity index (χ2n) is 9.60. The topological polar surface area (TPSA) is 89.3 Å². The lowest BCUT2D eigenvalue weighted by Gasteiger charge is -2.63. The standard InChI is InChI=1S/C23H24Cl2N2O4S/c24-22-11-15-10-17(13-22)20(23(25,12-15)14-22)21(16-6-2-1-3-7-16)26-32(30,31)19-9-5-4-8-18(19)27(28)29/h1-9,15,17,20-21,26H,10-14H2/t15-,17+,20-,21+,22+,23+/m1/s1. The number of rotatable bonds is 6. The first-order valence-electron chi connectivity index (χ1n) is 10.8. The largest absolute Gasteiger partial charge is 0.289 e. The molecule has 4 fully saturated rings. The van der Waals surface area contributed by atoms with Crippen LogP contribution in [-0.2, 0) is 10.0 Å². The van der Waals surface area contributed by atoms with E-state index in [0.717, 1.165) is 31.2 Å². The first-order valence-corrected chi connectivity index (χ1v) is 13.0. The van der Waals surface area contributed by atoms with E-state index in [4.69, 9.17) is 23.2 Å². The third-order valence-electron chi connectivity index (χ3n) is 7.41. The van der Waals surface area contributed by atoms with E-state index in [9.17, 15) is 18.5 Å². The van der Waals surface area contributed by atoms with Crippen molar-refractivity contribution in [2.45, 2.75) is 52.8 Å². The number of nitro benzene ring substituents is 1. The Labute approximate surface area is 197 Å². The zero-order valence-electron chi connectivity index (χ0n) is 17.3. The first-order chi connectivity index (χ1) is 15.1. The van der Waals surface area contributed by atoms with E-state index in [1.807, 2.05) is 30.3 Å². The van der Waals surface area contributed by atoms with Gasteiger partial charge in [0.25, 0.3) is 5.69 Å². The number of hydrogen-bond donors (Lipinski definition) is 1. The number of alkyl halides is 2. The molecule has 2 aromatic carbocycles. The summed E-state index contributed by atoms with van der Waals surface area (Å²) in [6.07, 6.45) is 4.19. The van der Waals surface area contributed by atoms with Gasteiger partial charge in [0.2, 0.25) is 10.0 Å². The molecular weight excluding hydrogens is 471 g/mol. The molecule has 6 rings (SSSR count). The summed E-state index contributed by atoms with van der Waals surface area (Å²) in [5.74, 6) is 0.481. The molecule has 0 spiro atoms. The van der Waals surface area contributed by atoms with E-state index < -0.39 is 31.6 Å². The van der Waals surface area contributed by atoms with Gasteiger partial charge in [0.15, 0.2) is 4.90 Å². The summed E-state index contributed by atoms with van der Waals surface area (Å²) >= 11 is 14.2. The molecular formula is C23H24Cl2N2O4S. The summed E-state index contributed by atoms with van der Waals surface area (Å²) in [5, 5.41) is 11.5. The SMILES string of the molecule is O=[N+]([O-])c1ccccc1S(=O)(=O)N[C@@H](c1ccccc1)[C@H]1[C@H]2C[C@@H]3C[C@](Cl)(C2)C[C@@]1(Cl)C3. The number of nitrogens with one attached hydrogen (secondary N) is 1. The van der Waals surface area contributed by atoms with Gasteiger partial charge in [-0.15, -0.1) is 23.2 Å². The molecule has 0 amide bonds. The van der Waals surface area contributed by atoms with Gasteiger partial charge in [-0.25, -0.2) is 13.1 Å². The molecule has 4 saturated carbocycles.